The highest BCUT2D eigenvalue weighted by atomic mass is 35.5. The van der Waals surface area contributed by atoms with E-state index in [1.54, 1.807) is 12.1 Å². The van der Waals surface area contributed by atoms with Gasteiger partial charge in [-0.15, -0.1) is 12.4 Å². The molecule has 2 N–H and O–H groups in total. The summed E-state index contributed by atoms with van der Waals surface area (Å²) >= 11 is 0. The van der Waals surface area contributed by atoms with Crippen molar-refractivity contribution in [1.29, 1.82) is 0 Å². The van der Waals surface area contributed by atoms with Crippen LogP contribution in [0.4, 0.5) is 0 Å². The van der Waals surface area contributed by atoms with Crippen LogP contribution >= 0.6 is 12.4 Å². The number of halogens is 1. The highest BCUT2D eigenvalue weighted by Gasteiger charge is 2.16. The van der Waals surface area contributed by atoms with Crippen molar-refractivity contribution in [1.82, 2.24) is 20.2 Å². The van der Waals surface area contributed by atoms with Crippen LogP contribution in [0.3, 0.4) is 0 Å². The number of amides is 1. The van der Waals surface area contributed by atoms with Crippen molar-refractivity contribution in [2.24, 2.45) is 0 Å². The Morgan fingerprint density at radius 2 is 2.23 bits per heavy atom. The highest BCUT2D eigenvalue weighted by Crippen LogP contribution is 2.05. The Balaban J connectivity index is 0.00000176. The minimum absolute atomic E-state index is 0. The fourth-order valence-electron chi connectivity index (χ4n) is 2.57. The first-order valence-electron chi connectivity index (χ1n) is 7.18. The molecule has 0 aliphatic carbocycles. The molecule has 1 fully saturated rings. The number of carbonyl (C=O) groups excluding carboxylic acids is 1. The molecule has 3 rings (SSSR count). The average Bonchev–Trinajstić information content (AvgIpc) is 3.00. The lowest BCUT2D eigenvalue weighted by molar-refractivity contribution is -0.121. The van der Waals surface area contributed by atoms with E-state index in [1.807, 2.05) is 12.1 Å². The maximum absolute atomic E-state index is 12.3. The molecule has 118 valence electrons. The molecule has 0 bridgehead atoms. The van der Waals surface area contributed by atoms with Gasteiger partial charge in [0.2, 0.25) is 5.91 Å². The third kappa shape index (κ3) is 3.64. The second kappa shape index (κ2) is 7.38. The molecule has 2 aromatic rings. The second-order valence-electron chi connectivity index (χ2n) is 5.27. The highest BCUT2D eigenvalue weighted by molar-refractivity contribution is 5.85. The number of benzene rings is 1. The number of nitrogens with zero attached hydrogens (tertiary/aromatic N) is 2. The van der Waals surface area contributed by atoms with E-state index in [9.17, 15) is 9.59 Å². The normalized spacial score (nSPS) is 17.2. The lowest BCUT2D eigenvalue weighted by Gasteiger charge is -2.11. The van der Waals surface area contributed by atoms with Gasteiger partial charge in [-0.1, -0.05) is 12.1 Å². The first-order valence-corrected chi connectivity index (χ1v) is 7.18. The number of hydrogen-bond donors (Lipinski definition) is 2. The lowest BCUT2D eigenvalue weighted by atomic mass is 10.2. The van der Waals surface area contributed by atoms with Gasteiger partial charge in [0, 0.05) is 25.6 Å². The molecule has 22 heavy (non-hydrogen) atoms. The van der Waals surface area contributed by atoms with E-state index in [0.717, 1.165) is 19.5 Å². The lowest BCUT2D eigenvalue weighted by Crippen LogP contribution is -2.37. The number of nitrogens with one attached hydrogen (secondary N) is 2. The van der Waals surface area contributed by atoms with Crippen molar-refractivity contribution in [3.8, 4) is 0 Å². The minimum Gasteiger partial charge on any atom is -0.352 e. The summed E-state index contributed by atoms with van der Waals surface area (Å²) in [5.41, 5.74) is 0.580. The van der Waals surface area contributed by atoms with E-state index in [-0.39, 0.29) is 36.3 Å². The Morgan fingerprint density at radius 3 is 3.00 bits per heavy atom. The van der Waals surface area contributed by atoms with Crippen molar-refractivity contribution in [3.63, 3.8) is 0 Å². The van der Waals surface area contributed by atoms with Gasteiger partial charge in [-0.05, 0) is 25.1 Å². The zero-order chi connectivity index (χ0) is 14.7. The molecule has 7 heteroatoms. The molecule has 0 radical (unpaired) electrons. The number of hydrogen-bond acceptors (Lipinski definition) is 4. The topological polar surface area (TPSA) is 76.0 Å². The molecule has 1 atom stereocenters. The van der Waals surface area contributed by atoms with E-state index in [4.69, 9.17) is 0 Å². The number of aryl methyl sites for hydroxylation is 1. The van der Waals surface area contributed by atoms with Crippen molar-refractivity contribution >= 4 is 29.2 Å². The smallest absolute Gasteiger partial charge is 0.261 e. The van der Waals surface area contributed by atoms with Crippen molar-refractivity contribution < 1.29 is 4.79 Å². The molecule has 1 saturated heterocycles. The van der Waals surface area contributed by atoms with Gasteiger partial charge in [0.1, 0.15) is 0 Å². The second-order valence-corrected chi connectivity index (χ2v) is 5.27. The van der Waals surface area contributed by atoms with Crippen LogP contribution in [0.15, 0.2) is 35.4 Å². The van der Waals surface area contributed by atoms with Gasteiger partial charge in [-0.3, -0.25) is 14.2 Å². The molecule has 1 unspecified atom stereocenters. The summed E-state index contributed by atoms with van der Waals surface area (Å²) in [6.07, 6.45) is 2.76. The van der Waals surface area contributed by atoms with Crippen LogP contribution in [0.5, 0.6) is 0 Å². The fourth-order valence-corrected chi connectivity index (χ4v) is 2.57. The van der Waals surface area contributed by atoms with Crippen molar-refractivity contribution in [2.45, 2.75) is 25.4 Å². The third-order valence-electron chi connectivity index (χ3n) is 3.74. The summed E-state index contributed by atoms with van der Waals surface area (Å²) in [6.45, 7) is 2.12. The molecule has 2 heterocycles. The van der Waals surface area contributed by atoms with Gasteiger partial charge >= 0.3 is 0 Å². The summed E-state index contributed by atoms with van der Waals surface area (Å²) in [7, 11) is 0. The molecular formula is C15H19ClN4O2. The van der Waals surface area contributed by atoms with Gasteiger partial charge in [0.15, 0.2) is 0 Å². The standard InChI is InChI=1S/C15H18N4O2.ClH/c20-14(18-11-5-7-16-9-11)6-8-19-10-17-13-4-2-1-3-12(13)15(19)21;/h1-4,10-11,16H,5-9H2,(H,18,20);1H. The molecule has 1 aliphatic heterocycles. The minimum atomic E-state index is -0.101. The predicted octanol–water partition coefficient (Wildman–Crippen LogP) is 0.686. The molecule has 1 aliphatic rings. The number of aromatic nitrogens is 2. The van der Waals surface area contributed by atoms with E-state index >= 15 is 0 Å². The van der Waals surface area contributed by atoms with Crippen LogP contribution in [0.2, 0.25) is 0 Å². The Morgan fingerprint density at radius 1 is 1.41 bits per heavy atom. The Labute approximate surface area is 134 Å². The third-order valence-corrected chi connectivity index (χ3v) is 3.74. The van der Waals surface area contributed by atoms with Crippen LogP contribution in [-0.4, -0.2) is 34.6 Å². The van der Waals surface area contributed by atoms with Gasteiger partial charge < -0.3 is 10.6 Å². The van der Waals surface area contributed by atoms with Gasteiger partial charge in [-0.2, -0.15) is 0 Å². The zero-order valence-corrected chi connectivity index (χ0v) is 12.9. The summed E-state index contributed by atoms with van der Waals surface area (Å²) < 4.78 is 1.49. The predicted molar refractivity (Wildman–Crippen MR) is 87.3 cm³/mol. The molecule has 1 amide bonds. The van der Waals surface area contributed by atoms with Gasteiger partial charge in [-0.25, -0.2) is 4.98 Å². The van der Waals surface area contributed by atoms with Crippen molar-refractivity contribution in [2.75, 3.05) is 13.1 Å². The summed E-state index contributed by atoms with van der Waals surface area (Å²) in [5.74, 6) is -0.0243. The molecule has 1 aromatic heterocycles. The number of para-hydroxylation sites is 1. The molecule has 0 saturated carbocycles. The molecular weight excluding hydrogens is 304 g/mol. The van der Waals surface area contributed by atoms with Crippen LogP contribution in [0, 0.1) is 0 Å². The van der Waals surface area contributed by atoms with Crippen molar-refractivity contribution in [3.05, 3.63) is 40.9 Å². The largest absolute Gasteiger partial charge is 0.352 e. The first-order chi connectivity index (χ1) is 10.2. The average molecular weight is 323 g/mol. The van der Waals surface area contributed by atoms with Crippen LogP contribution < -0.4 is 16.2 Å². The van der Waals surface area contributed by atoms with Crippen LogP contribution in [0.1, 0.15) is 12.8 Å². The fraction of sp³-hybridized carbons (Fsp3) is 0.400. The van der Waals surface area contributed by atoms with E-state index < -0.39 is 0 Å². The maximum Gasteiger partial charge on any atom is 0.261 e. The number of carbonyl (C=O) groups is 1. The molecule has 1 aromatic carbocycles. The summed E-state index contributed by atoms with van der Waals surface area (Å²) in [5, 5.41) is 6.75. The number of fused-ring (bicyclic) bond motifs is 1. The Kier molecular flexibility index (Phi) is 5.51. The van der Waals surface area contributed by atoms with Crippen LogP contribution in [0.25, 0.3) is 10.9 Å². The van der Waals surface area contributed by atoms with E-state index in [2.05, 4.69) is 15.6 Å². The van der Waals surface area contributed by atoms with Gasteiger partial charge in [0.25, 0.3) is 5.56 Å². The summed E-state index contributed by atoms with van der Waals surface area (Å²) in [6, 6.07) is 7.44. The zero-order valence-electron chi connectivity index (χ0n) is 12.1. The van der Waals surface area contributed by atoms with E-state index in [1.165, 1.54) is 10.9 Å². The van der Waals surface area contributed by atoms with E-state index in [0.29, 0.717) is 17.4 Å². The first kappa shape index (κ1) is 16.5. The SMILES string of the molecule is Cl.O=C(CCn1cnc2ccccc2c1=O)NC1CCNC1. The van der Waals surface area contributed by atoms with Gasteiger partial charge in [0.05, 0.1) is 17.2 Å². The molecule has 6 nitrogen and oxygen atoms in total. The monoisotopic (exact) mass is 322 g/mol. The van der Waals surface area contributed by atoms with Crippen LogP contribution in [-0.2, 0) is 11.3 Å². The Bertz CT molecular complexity index is 710. The maximum atomic E-state index is 12.3. The summed E-state index contributed by atoms with van der Waals surface area (Å²) in [4.78, 5) is 28.4. The quantitative estimate of drug-likeness (QED) is 0.868. The number of rotatable bonds is 4. The molecule has 0 spiro atoms. The Hall–Kier alpha value is -1.92.